The van der Waals surface area contributed by atoms with E-state index in [9.17, 15) is 19.5 Å². The van der Waals surface area contributed by atoms with Crippen LogP contribution in [0.4, 0.5) is 4.79 Å². The number of hydrogen-bond donors (Lipinski definition) is 4. The molecule has 0 aliphatic rings. The number of carbonyl (C=O) groups is 3. The molecule has 126 valence electrons. The monoisotopic (exact) mass is 324 g/mol. The number of carboxylic acid groups (broad SMARTS) is 1. The van der Waals surface area contributed by atoms with Gasteiger partial charge in [-0.1, -0.05) is 30.3 Å². The van der Waals surface area contributed by atoms with Crippen molar-refractivity contribution in [3.05, 3.63) is 35.9 Å². The predicted molar refractivity (Wildman–Crippen MR) is 80.5 cm³/mol. The lowest BCUT2D eigenvalue weighted by Crippen LogP contribution is -2.41. The number of nitrogens with one attached hydrogen (secondary N) is 2. The highest BCUT2D eigenvalue weighted by Gasteiger charge is 2.17. The van der Waals surface area contributed by atoms with E-state index in [0.29, 0.717) is 0 Å². The zero-order chi connectivity index (χ0) is 17.2. The molecule has 0 saturated carbocycles. The fourth-order valence-corrected chi connectivity index (χ4v) is 1.62. The van der Waals surface area contributed by atoms with E-state index in [1.54, 1.807) is 12.1 Å². The Morgan fingerprint density at radius 1 is 1.22 bits per heavy atom. The SMILES string of the molecule is C[C@@H](NC(=O)C[C@H](O)CNC(=O)OCc1ccccc1)C(=O)O. The van der Waals surface area contributed by atoms with E-state index in [1.807, 2.05) is 18.2 Å². The lowest BCUT2D eigenvalue weighted by molar-refractivity contribution is -0.141. The van der Waals surface area contributed by atoms with Crippen LogP contribution in [-0.4, -0.2) is 46.9 Å². The van der Waals surface area contributed by atoms with Crippen molar-refractivity contribution in [3.8, 4) is 0 Å². The van der Waals surface area contributed by atoms with E-state index in [4.69, 9.17) is 9.84 Å². The lowest BCUT2D eigenvalue weighted by atomic mass is 10.2. The molecule has 0 aliphatic heterocycles. The molecule has 1 aromatic carbocycles. The average molecular weight is 324 g/mol. The van der Waals surface area contributed by atoms with Crippen LogP contribution in [0.2, 0.25) is 0 Å². The lowest BCUT2D eigenvalue weighted by Gasteiger charge is -2.14. The van der Waals surface area contributed by atoms with E-state index < -0.39 is 30.1 Å². The highest BCUT2D eigenvalue weighted by Crippen LogP contribution is 2.00. The van der Waals surface area contributed by atoms with Gasteiger partial charge in [-0.15, -0.1) is 0 Å². The molecule has 2 atom stereocenters. The Morgan fingerprint density at radius 3 is 2.48 bits per heavy atom. The van der Waals surface area contributed by atoms with Crippen LogP contribution in [0.1, 0.15) is 18.9 Å². The van der Waals surface area contributed by atoms with Gasteiger partial charge in [-0.05, 0) is 12.5 Å². The van der Waals surface area contributed by atoms with Crippen molar-refractivity contribution in [2.24, 2.45) is 0 Å². The molecule has 2 amide bonds. The predicted octanol–water partition coefficient (Wildman–Crippen LogP) is 0.253. The second kappa shape index (κ2) is 9.42. The Bertz CT molecular complexity index is 534. The van der Waals surface area contributed by atoms with Gasteiger partial charge in [-0.25, -0.2) is 4.79 Å². The van der Waals surface area contributed by atoms with Gasteiger partial charge in [0.15, 0.2) is 0 Å². The molecule has 0 saturated heterocycles. The van der Waals surface area contributed by atoms with Crippen molar-refractivity contribution in [1.82, 2.24) is 10.6 Å². The first-order valence-electron chi connectivity index (χ1n) is 7.03. The molecule has 1 aromatic rings. The maximum absolute atomic E-state index is 11.5. The number of alkyl carbamates (subject to hydrolysis) is 1. The Labute approximate surface area is 133 Å². The molecule has 0 fully saturated rings. The number of rotatable bonds is 8. The normalized spacial score (nSPS) is 12.8. The first kappa shape index (κ1) is 18.4. The van der Waals surface area contributed by atoms with Crippen LogP contribution in [0.3, 0.4) is 0 Å². The van der Waals surface area contributed by atoms with Crippen molar-refractivity contribution in [2.75, 3.05) is 6.54 Å². The van der Waals surface area contributed by atoms with Gasteiger partial charge < -0.3 is 25.6 Å². The fraction of sp³-hybridized carbons (Fsp3) is 0.400. The van der Waals surface area contributed by atoms with Crippen molar-refractivity contribution in [3.63, 3.8) is 0 Å². The fourth-order valence-electron chi connectivity index (χ4n) is 1.62. The third-order valence-electron chi connectivity index (χ3n) is 2.86. The molecule has 0 aromatic heterocycles. The number of aliphatic hydroxyl groups is 1. The zero-order valence-corrected chi connectivity index (χ0v) is 12.7. The second-order valence-corrected chi connectivity index (χ2v) is 4.93. The third kappa shape index (κ3) is 7.82. The molecule has 0 radical (unpaired) electrons. The number of amides is 2. The highest BCUT2D eigenvalue weighted by atomic mass is 16.5. The molecule has 0 bridgehead atoms. The van der Waals surface area contributed by atoms with Crippen LogP contribution in [0, 0.1) is 0 Å². The van der Waals surface area contributed by atoms with Gasteiger partial charge in [0.2, 0.25) is 5.91 Å². The number of aliphatic carboxylic acids is 1. The summed E-state index contributed by atoms with van der Waals surface area (Å²) in [5, 5.41) is 22.8. The largest absolute Gasteiger partial charge is 0.480 e. The van der Waals surface area contributed by atoms with Crippen molar-refractivity contribution >= 4 is 18.0 Å². The topological polar surface area (TPSA) is 125 Å². The van der Waals surface area contributed by atoms with Crippen LogP contribution in [0.15, 0.2) is 30.3 Å². The zero-order valence-electron chi connectivity index (χ0n) is 12.7. The van der Waals surface area contributed by atoms with Crippen LogP contribution < -0.4 is 10.6 Å². The Hall–Kier alpha value is -2.61. The van der Waals surface area contributed by atoms with Gasteiger partial charge in [0.25, 0.3) is 0 Å². The molecule has 8 nitrogen and oxygen atoms in total. The molecule has 0 spiro atoms. The van der Waals surface area contributed by atoms with Gasteiger partial charge in [0.1, 0.15) is 12.6 Å². The molecule has 1 rings (SSSR count). The Kier molecular flexibility index (Phi) is 7.55. The Morgan fingerprint density at radius 2 is 1.87 bits per heavy atom. The smallest absolute Gasteiger partial charge is 0.407 e. The van der Waals surface area contributed by atoms with Crippen LogP contribution in [-0.2, 0) is 20.9 Å². The van der Waals surface area contributed by atoms with Crippen molar-refractivity contribution in [1.29, 1.82) is 0 Å². The van der Waals surface area contributed by atoms with Gasteiger partial charge in [0.05, 0.1) is 12.5 Å². The van der Waals surface area contributed by atoms with E-state index in [2.05, 4.69) is 10.6 Å². The summed E-state index contributed by atoms with van der Waals surface area (Å²) < 4.78 is 4.94. The van der Waals surface area contributed by atoms with E-state index >= 15 is 0 Å². The van der Waals surface area contributed by atoms with Crippen LogP contribution >= 0.6 is 0 Å². The summed E-state index contributed by atoms with van der Waals surface area (Å²) in [7, 11) is 0. The minimum atomic E-state index is -1.17. The van der Waals surface area contributed by atoms with Crippen molar-refractivity contribution < 1.29 is 29.3 Å². The molecule has 0 heterocycles. The summed E-state index contributed by atoms with van der Waals surface area (Å²) >= 11 is 0. The first-order chi connectivity index (χ1) is 10.9. The van der Waals surface area contributed by atoms with Crippen molar-refractivity contribution in [2.45, 2.75) is 32.1 Å². The van der Waals surface area contributed by atoms with Gasteiger partial charge in [-0.3, -0.25) is 9.59 Å². The molecule has 0 aliphatic carbocycles. The summed E-state index contributed by atoms with van der Waals surface area (Å²) in [6.07, 6.45) is -2.18. The number of ether oxygens (including phenoxy) is 1. The van der Waals surface area contributed by atoms with E-state index in [0.717, 1.165) is 5.56 Å². The summed E-state index contributed by atoms with van der Waals surface area (Å²) in [5.41, 5.74) is 0.824. The summed E-state index contributed by atoms with van der Waals surface area (Å²) in [6.45, 7) is 1.23. The minimum absolute atomic E-state index is 0.0966. The number of aliphatic hydroxyl groups excluding tert-OH is 1. The second-order valence-electron chi connectivity index (χ2n) is 4.93. The molecular formula is C15H20N2O6. The van der Waals surface area contributed by atoms with E-state index in [1.165, 1.54) is 6.92 Å². The van der Waals surface area contributed by atoms with E-state index in [-0.39, 0.29) is 19.6 Å². The average Bonchev–Trinajstić information content (AvgIpc) is 2.51. The van der Waals surface area contributed by atoms with Crippen LogP contribution in [0.25, 0.3) is 0 Å². The molecular weight excluding hydrogens is 304 g/mol. The first-order valence-corrected chi connectivity index (χ1v) is 7.03. The quantitative estimate of drug-likeness (QED) is 0.543. The minimum Gasteiger partial charge on any atom is -0.480 e. The molecule has 8 heteroatoms. The standard InChI is InChI=1S/C15H20N2O6/c1-10(14(20)21)17-13(19)7-12(18)8-16-15(22)23-9-11-5-3-2-4-6-11/h2-6,10,12,18H,7-9H2,1H3,(H,16,22)(H,17,19)(H,20,21)/t10-,12+/m1/s1. The van der Waals surface area contributed by atoms with Gasteiger partial charge in [-0.2, -0.15) is 0 Å². The number of benzene rings is 1. The maximum atomic E-state index is 11.5. The summed E-state index contributed by atoms with van der Waals surface area (Å²) in [6, 6.07) is 8.04. The van der Waals surface area contributed by atoms with Gasteiger partial charge in [0, 0.05) is 6.54 Å². The highest BCUT2D eigenvalue weighted by molar-refractivity contribution is 5.83. The number of carbonyl (C=O) groups excluding carboxylic acids is 2. The molecule has 4 N–H and O–H groups in total. The summed E-state index contributed by atoms with van der Waals surface area (Å²) in [5.74, 6) is -1.79. The number of hydrogen-bond acceptors (Lipinski definition) is 5. The third-order valence-corrected chi connectivity index (χ3v) is 2.86. The maximum Gasteiger partial charge on any atom is 0.407 e. The molecule has 0 unspecified atom stereocenters. The van der Waals surface area contributed by atoms with Gasteiger partial charge >= 0.3 is 12.1 Å². The Balaban J connectivity index is 2.22. The number of carboxylic acids is 1. The summed E-state index contributed by atoms with van der Waals surface area (Å²) in [4.78, 5) is 33.5. The van der Waals surface area contributed by atoms with Crippen LogP contribution in [0.5, 0.6) is 0 Å². The molecule has 23 heavy (non-hydrogen) atoms.